The molecule has 1 aromatic heterocycles. The summed E-state index contributed by atoms with van der Waals surface area (Å²) in [6, 6.07) is 15.7. The lowest BCUT2D eigenvalue weighted by atomic mass is 9.98. The quantitative estimate of drug-likeness (QED) is 0.714. The molecular formula is C21H22N2O3S. The Bertz CT molecular complexity index is 970. The van der Waals surface area contributed by atoms with E-state index in [0.29, 0.717) is 19.4 Å². The Kier molecular flexibility index (Phi) is 4.76. The maximum Gasteiger partial charge on any atom is 0.315 e. The minimum absolute atomic E-state index is 0.211. The van der Waals surface area contributed by atoms with Gasteiger partial charge >= 0.3 is 6.03 Å². The van der Waals surface area contributed by atoms with E-state index in [0.717, 1.165) is 31.8 Å². The van der Waals surface area contributed by atoms with Crippen LogP contribution in [0.15, 0.2) is 48.5 Å². The zero-order chi connectivity index (χ0) is 19.0. The molecule has 2 amide bonds. The highest BCUT2D eigenvalue weighted by Gasteiger charge is 2.32. The molecule has 2 aromatic carbocycles. The molecule has 0 saturated carbocycles. The molecule has 5 nitrogen and oxygen atoms in total. The zero-order valence-corrected chi connectivity index (χ0v) is 15.9. The normalized spacial score (nSPS) is 20.0. The highest BCUT2D eigenvalue weighted by Crippen LogP contribution is 2.44. The van der Waals surface area contributed by atoms with Gasteiger partial charge in [0.1, 0.15) is 5.75 Å². The standard InChI is InChI=1S/C21H22N2O3S/c1-26-18-8-7-15(13-5-3-2-4-6-13)20-16(18)12-19(27-20)17-11-14(24)9-10-23(17)21(22)25/h2-8,12,14,17,24H,9-11H2,1H3,(H2,22,25). The molecule has 0 radical (unpaired) electrons. The molecular weight excluding hydrogens is 360 g/mol. The van der Waals surface area contributed by atoms with Crippen LogP contribution in [-0.4, -0.2) is 35.8 Å². The van der Waals surface area contributed by atoms with Crippen LogP contribution in [0.25, 0.3) is 21.2 Å². The van der Waals surface area contributed by atoms with Crippen LogP contribution in [0.4, 0.5) is 4.79 Å². The Labute approximate surface area is 162 Å². The summed E-state index contributed by atoms with van der Waals surface area (Å²) >= 11 is 1.64. The van der Waals surface area contributed by atoms with Crippen molar-refractivity contribution in [3.05, 3.63) is 53.4 Å². The molecule has 3 N–H and O–H groups in total. The van der Waals surface area contributed by atoms with Crippen molar-refractivity contribution in [2.45, 2.75) is 25.0 Å². The maximum absolute atomic E-state index is 11.9. The smallest absolute Gasteiger partial charge is 0.315 e. The fraction of sp³-hybridized carbons (Fsp3) is 0.286. The number of hydrogen-bond donors (Lipinski definition) is 2. The fourth-order valence-corrected chi connectivity index (χ4v) is 5.12. The summed E-state index contributed by atoms with van der Waals surface area (Å²) in [4.78, 5) is 14.6. The summed E-state index contributed by atoms with van der Waals surface area (Å²) in [6.07, 6.45) is 0.632. The number of likely N-dealkylation sites (tertiary alicyclic amines) is 1. The van der Waals surface area contributed by atoms with E-state index < -0.39 is 12.1 Å². The average molecular weight is 382 g/mol. The van der Waals surface area contributed by atoms with Gasteiger partial charge in [0.15, 0.2) is 0 Å². The lowest BCUT2D eigenvalue weighted by Crippen LogP contribution is -2.44. The number of nitrogens with two attached hydrogens (primary N) is 1. The molecule has 2 atom stereocenters. The van der Waals surface area contributed by atoms with Crippen molar-refractivity contribution in [3.8, 4) is 16.9 Å². The lowest BCUT2D eigenvalue weighted by Gasteiger charge is -2.36. The third-order valence-corrected chi connectivity index (χ3v) is 6.42. The number of rotatable bonds is 3. The number of carbonyl (C=O) groups excluding carboxylic acids is 1. The predicted molar refractivity (Wildman–Crippen MR) is 108 cm³/mol. The Morgan fingerprint density at radius 1 is 1.26 bits per heavy atom. The molecule has 1 fully saturated rings. The molecule has 0 aliphatic carbocycles. The molecule has 27 heavy (non-hydrogen) atoms. The first-order valence-electron chi connectivity index (χ1n) is 8.98. The van der Waals surface area contributed by atoms with Crippen LogP contribution in [0.1, 0.15) is 23.8 Å². The van der Waals surface area contributed by atoms with Crippen molar-refractivity contribution in [1.29, 1.82) is 0 Å². The molecule has 1 aliphatic rings. The van der Waals surface area contributed by atoms with E-state index >= 15 is 0 Å². The lowest BCUT2D eigenvalue weighted by molar-refractivity contribution is 0.0623. The van der Waals surface area contributed by atoms with Crippen molar-refractivity contribution in [1.82, 2.24) is 4.90 Å². The van der Waals surface area contributed by atoms with Gasteiger partial charge in [0.05, 0.1) is 19.3 Å². The SMILES string of the molecule is COc1ccc(-c2ccccc2)c2sc(C3CC(O)CCN3C(N)=O)cc12. The second-order valence-electron chi connectivity index (χ2n) is 6.80. The second-order valence-corrected chi connectivity index (χ2v) is 7.88. The highest BCUT2D eigenvalue weighted by molar-refractivity contribution is 7.19. The van der Waals surface area contributed by atoms with E-state index in [1.807, 2.05) is 24.3 Å². The first kappa shape index (κ1) is 17.8. The topological polar surface area (TPSA) is 75.8 Å². The number of methoxy groups -OCH3 is 1. The molecule has 2 heterocycles. The average Bonchev–Trinajstić information content (AvgIpc) is 3.13. The number of piperidine rings is 1. The number of urea groups is 1. The number of carbonyl (C=O) groups is 1. The van der Waals surface area contributed by atoms with Crippen LogP contribution < -0.4 is 10.5 Å². The predicted octanol–water partition coefficient (Wildman–Crippen LogP) is 4.15. The van der Waals surface area contributed by atoms with Crippen LogP contribution in [0.5, 0.6) is 5.75 Å². The minimum Gasteiger partial charge on any atom is -0.496 e. The van der Waals surface area contributed by atoms with Crippen molar-refractivity contribution < 1.29 is 14.6 Å². The third-order valence-electron chi connectivity index (χ3n) is 5.15. The van der Waals surface area contributed by atoms with Crippen molar-refractivity contribution >= 4 is 27.5 Å². The molecule has 6 heteroatoms. The number of benzene rings is 2. The van der Waals surface area contributed by atoms with Gasteiger partial charge in [-0.15, -0.1) is 11.3 Å². The summed E-state index contributed by atoms with van der Waals surface area (Å²) < 4.78 is 6.68. The fourth-order valence-electron chi connectivity index (χ4n) is 3.79. The number of thiophene rings is 1. The molecule has 1 aliphatic heterocycles. The van der Waals surface area contributed by atoms with Crippen molar-refractivity contribution in [2.75, 3.05) is 13.7 Å². The molecule has 140 valence electrons. The summed E-state index contributed by atoms with van der Waals surface area (Å²) in [5, 5.41) is 11.2. The van der Waals surface area contributed by atoms with E-state index in [1.54, 1.807) is 23.3 Å². The van der Waals surface area contributed by atoms with Gasteiger partial charge in [-0.2, -0.15) is 0 Å². The highest BCUT2D eigenvalue weighted by atomic mass is 32.1. The van der Waals surface area contributed by atoms with Crippen LogP contribution in [0, 0.1) is 0 Å². The van der Waals surface area contributed by atoms with Gasteiger partial charge in [-0.3, -0.25) is 0 Å². The van der Waals surface area contributed by atoms with Crippen LogP contribution in [-0.2, 0) is 0 Å². The van der Waals surface area contributed by atoms with Gasteiger partial charge in [-0.05, 0) is 42.2 Å². The number of nitrogens with zero attached hydrogens (tertiary/aromatic N) is 1. The molecule has 0 bridgehead atoms. The number of fused-ring (bicyclic) bond motifs is 1. The largest absolute Gasteiger partial charge is 0.496 e. The number of aliphatic hydroxyl groups excluding tert-OH is 1. The first-order valence-corrected chi connectivity index (χ1v) is 9.80. The monoisotopic (exact) mass is 382 g/mol. The van der Waals surface area contributed by atoms with E-state index in [9.17, 15) is 9.90 Å². The number of primary amides is 1. The van der Waals surface area contributed by atoms with Crippen LogP contribution in [0.3, 0.4) is 0 Å². The Hall–Kier alpha value is -2.57. The van der Waals surface area contributed by atoms with Crippen molar-refractivity contribution in [2.24, 2.45) is 5.73 Å². The zero-order valence-electron chi connectivity index (χ0n) is 15.1. The van der Waals surface area contributed by atoms with Crippen molar-refractivity contribution in [3.63, 3.8) is 0 Å². The van der Waals surface area contributed by atoms with Gasteiger partial charge in [0.2, 0.25) is 0 Å². The Morgan fingerprint density at radius 3 is 2.74 bits per heavy atom. The minimum atomic E-state index is -0.445. The molecule has 2 unspecified atom stereocenters. The molecule has 3 aromatic rings. The Balaban J connectivity index is 1.86. The summed E-state index contributed by atoms with van der Waals surface area (Å²) in [6.45, 7) is 0.470. The van der Waals surface area contributed by atoms with E-state index in [1.165, 1.54) is 0 Å². The van der Waals surface area contributed by atoms with E-state index in [2.05, 4.69) is 24.3 Å². The summed E-state index contributed by atoms with van der Waals surface area (Å²) in [5.74, 6) is 0.800. The van der Waals surface area contributed by atoms with E-state index in [4.69, 9.17) is 10.5 Å². The van der Waals surface area contributed by atoms with Gasteiger partial charge in [0.25, 0.3) is 0 Å². The van der Waals surface area contributed by atoms with Crippen LogP contribution in [0.2, 0.25) is 0 Å². The maximum atomic E-state index is 11.9. The van der Waals surface area contributed by atoms with Gasteiger partial charge in [-0.1, -0.05) is 30.3 Å². The number of aliphatic hydroxyl groups is 1. The van der Waals surface area contributed by atoms with Crippen LogP contribution >= 0.6 is 11.3 Å². The molecule has 1 saturated heterocycles. The Morgan fingerprint density at radius 2 is 2.04 bits per heavy atom. The number of ether oxygens (including phenoxy) is 1. The van der Waals surface area contributed by atoms with Gasteiger partial charge < -0.3 is 20.5 Å². The van der Waals surface area contributed by atoms with Gasteiger partial charge in [-0.25, -0.2) is 4.79 Å². The number of hydrogen-bond acceptors (Lipinski definition) is 4. The number of amides is 2. The third kappa shape index (κ3) is 3.26. The summed E-state index contributed by atoms with van der Waals surface area (Å²) in [5.41, 5.74) is 7.86. The summed E-state index contributed by atoms with van der Waals surface area (Å²) in [7, 11) is 1.66. The van der Waals surface area contributed by atoms with Gasteiger partial charge in [0, 0.05) is 21.5 Å². The molecule has 4 rings (SSSR count). The molecule has 0 spiro atoms. The van der Waals surface area contributed by atoms with E-state index in [-0.39, 0.29) is 6.04 Å². The first-order chi connectivity index (χ1) is 13.1. The second kappa shape index (κ2) is 7.21.